The van der Waals surface area contributed by atoms with Crippen molar-refractivity contribution in [2.24, 2.45) is 0 Å². The maximum absolute atomic E-state index is 12.9. The minimum Gasteiger partial charge on any atom is -0.756 e. The SMILES string of the molecule is CCCCCCCCCCCCCCCCCCCCCCCC(O)C(COP(=O)([O-])OCC[N+](C)(C)C)NC(=O)CCCCCCCCCCCCCCC. The van der Waals surface area contributed by atoms with Gasteiger partial charge in [-0.2, -0.15) is 0 Å². The highest BCUT2D eigenvalue weighted by atomic mass is 31.2. The molecule has 0 saturated heterocycles. The number of amides is 1. The normalized spacial score (nSPS) is 14.2. The number of aliphatic hydroxyl groups is 1. The molecule has 0 fully saturated rings. The standard InChI is InChI=1S/C47H97N2O6P/c1-6-8-10-12-14-16-18-20-21-22-23-24-25-26-27-29-30-32-34-36-38-40-46(50)45(44-55-56(52,53)54-43-42-49(3,4)5)48-47(51)41-39-37-35-33-31-28-19-17-15-13-11-9-7-2/h45-46,50H,6-44H2,1-5H3,(H-,48,51,52,53). The number of quaternary nitrogens is 1. The van der Waals surface area contributed by atoms with Crippen LogP contribution in [0.25, 0.3) is 0 Å². The highest BCUT2D eigenvalue weighted by Gasteiger charge is 2.24. The molecule has 8 nitrogen and oxygen atoms in total. The summed E-state index contributed by atoms with van der Waals surface area (Å²) in [5, 5.41) is 13.9. The molecular formula is C47H97N2O6P. The number of carbonyl (C=O) groups is 1. The highest BCUT2D eigenvalue weighted by molar-refractivity contribution is 7.45. The predicted octanol–water partition coefficient (Wildman–Crippen LogP) is 13.1. The van der Waals surface area contributed by atoms with E-state index in [2.05, 4.69) is 19.2 Å². The van der Waals surface area contributed by atoms with Crippen molar-refractivity contribution in [2.75, 3.05) is 40.9 Å². The molecule has 0 rings (SSSR count). The summed E-state index contributed by atoms with van der Waals surface area (Å²) in [7, 11) is 1.32. The maximum atomic E-state index is 12.9. The molecule has 0 aromatic heterocycles. The third-order valence-electron chi connectivity index (χ3n) is 11.3. The van der Waals surface area contributed by atoms with Gasteiger partial charge in [0.15, 0.2) is 0 Å². The quantitative estimate of drug-likeness (QED) is 0.0360. The molecule has 0 aliphatic carbocycles. The summed E-state index contributed by atoms with van der Waals surface area (Å²) in [6.07, 6.45) is 43.9. The number of phosphoric ester groups is 1. The lowest BCUT2D eigenvalue weighted by Gasteiger charge is -2.30. The number of nitrogens with zero attached hydrogens (tertiary/aromatic N) is 1. The van der Waals surface area contributed by atoms with E-state index in [1.807, 2.05) is 21.1 Å². The third kappa shape index (κ3) is 41.7. The lowest BCUT2D eigenvalue weighted by atomic mass is 10.0. The van der Waals surface area contributed by atoms with E-state index in [0.717, 1.165) is 38.5 Å². The van der Waals surface area contributed by atoms with Crippen molar-refractivity contribution in [3.8, 4) is 0 Å². The number of nitrogens with one attached hydrogen (secondary N) is 1. The van der Waals surface area contributed by atoms with Crippen molar-refractivity contribution in [1.82, 2.24) is 5.32 Å². The Bertz CT molecular complexity index is 885. The monoisotopic (exact) mass is 817 g/mol. The van der Waals surface area contributed by atoms with E-state index in [0.29, 0.717) is 23.9 Å². The maximum Gasteiger partial charge on any atom is 0.268 e. The number of rotatable bonds is 45. The zero-order valence-corrected chi connectivity index (χ0v) is 39.0. The van der Waals surface area contributed by atoms with Crippen LogP contribution in [0, 0.1) is 0 Å². The molecule has 3 unspecified atom stereocenters. The first kappa shape index (κ1) is 55.5. The first-order valence-corrected chi connectivity index (χ1v) is 25.8. The number of hydrogen-bond acceptors (Lipinski definition) is 6. The molecule has 56 heavy (non-hydrogen) atoms. The Morgan fingerprint density at radius 3 is 1.21 bits per heavy atom. The topological polar surface area (TPSA) is 108 Å². The Morgan fingerprint density at radius 2 is 0.875 bits per heavy atom. The van der Waals surface area contributed by atoms with E-state index in [-0.39, 0.29) is 19.1 Å². The Balaban J connectivity index is 4.22. The van der Waals surface area contributed by atoms with Crippen LogP contribution in [0.3, 0.4) is 0 Å². The molecule has 0 bridgehead atoms. The summed E-state index contributed by atoms with van der Waals surface area (Å²) in [6, 6.07) is -0.793. The largest absolute Gasteiger partial charge is 0.756 e. The van der Waals surface area contributed by atoms with Gasteiger partial charge in [-0.15, -0.1) is 0 Å². The molecule has 0 aromatic carbocycles. The minimum atomic E-state index is -4.56. The van der Waals surface area contributed by atoms with Gasteiger partial charge in [0.25, 0.3) is 7.82 Å². The summed E-state index contributed by atoms with van der Waals surface area (Å²) in [5.41, 5.74) is 0. The smallest absolute Gasteiger partial charge is 0.268 e. The molecule has 0 spiro atoms. The van der Waals surface area contributed by atoms with Crippen LogP contribution in [0.2, 0.25) is 0 Å². The summed E-state index contributed by atoms with van der Waals surface area (Å²) in [6.45, 7) is 4.75. The van der Waals surface area contributed by atoms with Gasteiger partial charge in [-0.3, -0.25) is 9.36 Å². The summed E-state index contributed by atoms with van der Waals surface area (Å²) < 4.78 is 23.3. The van der Waals surface area contributed by atoms with Crippen LogP contribution in [0.4, 0.5) is 0 Å². The molecule has 2 N–H and O–H groups in total. The van der Waals surface area contributed by atoms with Crippen molar-refractivity contribution in [3.05, 3.63) is 0 Å². The van der Waals surface area contributed by atoms with Gasteiger partial charge < -0.3 is 28.8 Å². The minimum absolute atomic E-state index is 0.0162. The van der Waals surface area contributed by atoms with Crippen LogP contribution in [-0.4, -0.2) is 68.5 Å². The number of hydrogen-bond donors (Lipinski definition) is 2. The van der Waals surface area contributed by atoms with Gasteiger partial charge in [-0.1, -0.05) is 226 Å². The fraction of sp³-hybridized carbons (Fsp3) is 0.979. The molecule has 1 amide bonds. The lowest BCUT2D eigenvalue weighted by Crippen LogP contribution is -2.46. The van der Waals surface area contributed by atoms with Gasteiger partial charge in [0, 0.05) is 6.42 Å². The first-order valence-electron chi connectivity index (χ1n) is 24.4. The molecular weight excluding hydrogens is 719 g/mol. The van der Waals surface area contributed by atoms with E-state index >= 15 is 0 Å². The fourth-order valence-corrected chi connectivity index (χ4v) is 8.18. The molecule has 0 aliphatic rings. The Kier molecular flexibility index (Phi) is 39.6. The molecule has 0 aliphatic heterocycles. The summed E-state index contributed by atoms with van der Waals surface area (Å²) in [4.78, 5) is 25.3. The zero-order chi connectivity index (χ0) is 41.4. The van der Waals surface area contributed by atoms with Crippen LogP contribution in [-0.2, 0) is 18.4 Å². The van der Waals surface area contributed by atoms with E-state index in [1.54, 1.807) is 0 Å². The first-order chi connectivity index (χ1) is 27.0. The average Bonchev–Trinajstić information content (AvgIpc) is 3.15. The molecule has 0 radical (unpaired) electrons. The van der Waals surface area contributed by atoms with Gasteiger partial charge in [0.2, 0.25) is 5.91 Å². The number of phosphoric acid groups is 1. The lowest BCUT2D eigenvalue weighted by molar-refractivity contribution is -0.870. The van der Waals surface area contributed by atoms with E-state index in [4.69, 9.17) is 9.05 Å². The fourth-order valence-electron chi connectivity index (χ4n) is 7.45. The number of likely N-dealkylation sites (N-methyl/N-ethyl adjacent to an activating group) is 1. The number of unbranched alkanes of at least 4 members (excludes halogenated alkanes) is 32. The molecule has 9 heteroatoms. The van der Waals surface area contributed by atoms with Crippen LogP contribution in [0.5, 0.6) is 0 Å². The second-order valence-electron chi connectivity index (χ2n) is 18.2. The van der Waals surface area contributed by atoms with Gasteiger partial charge in [0.1, 0.15) is 13.2 Å². The van der Waals surface area contributed by atoms with Crippen molar-refractivity contribution in [2.45, 2.75) is 257 Å². The van der Waals surface area contributed by atoms with E-state index in [9.17, 15) is 19.4 Å². The number of aliphatic hydroxyl groups excluding tert-OH is 1. The second kappa shape index (κ2) is 39.9. The molecule has 0 heterocycles. The predicted molar refractivity (Wildman–Crippen MR) is 238 cm³/mol. The van der Waals surface area contributed by atoms with Crippen molar-refractivity contribution in [1.29, 1.82) is 0 Å². The molecule has 0 saturated carbocycles. The van der Waals surface area contributed by atoms with Gasteiger partial charge in [-0.05, 0) is 12.8 Å². The molecule has 3 atom stereocenters. The Hall–Kier alpha value is -0.500. The Morgan fingerprint density at radius 1 is 0.554 bits per heavy atom. The summed E-state index contributed by atoms with van der Waals surface area (Å²) >= 11 is 0. The third-order valence-corrected chi connectivity index (χ3v) is 12.3. The average molecular weight is 817 g/mol. The van der Waals surface area contributed by atoms with Crippen LogP contribution >= 0.6 is 7.82 Å². The van der Waals surface area contributed by atoms with E-state index < -0.39 is 20.0 Å². The van der Waals surface area contributed by atoms with Crippen molar-refractivity contribution >= 4 is 13.7 Å². The van der Waals surface area contributed by atoms with Crippen molar-refractivity contribution in [3.63, 3.8) is 0 Å². The molecule has 0 aromatic rings. The van der Waals surface area contributed by atoms with Crippen LogP contribution < -0.4 is 10.2 Å². The second-order valence-corrected chi connectivity index (χ2v) is 19.6. The van der Waals surface area contributed by atoms with Gasteiger partial charge in [-0.25, -0.2) is 0 Å². The van der Waals surface area contributed by atoms with Crippen molar-refractivity contribution < 1.29 is 32.9 Å². The number of carbonyl (C=O) groups excluding carboxylic acids is 1. The summed E-state index contributed by atoms with van der Waals surface area (Å²) in [5.74, 6) is -0.161. The molecule has 336 valence electrons. The Labute approximate surface area is 349 Å². The van der Waals surface area contributed by atoms with Gasteiger partial charge in [0.05, 0.1) is 39.9 Å². The van der Waals surface area contributed by atoms with E-state index in [1.165, 1.54) is 180 Å². The van der Waals surface area contributed by atoms with Crippen LogP contribution in [0.15, 0.2) is 0 Å². The zero-order valence-electron chi connectivity index (χ0n) is 38.1. The van der Waals surface area contributed by atoms with Crippen LogP contribution in [0.1, 0.15) is 245 Å². The highest BCUT2D eigenvalue weighted by Crippen LogP contribution is 2.38. The van der Waals surface area contributed by atoms with Gasteiger partial charge >= 0.3 is 0 Å².